The molecule has 0 saturated heterocycles. The van der Waals surface area contributed by atoms with Gasteiger partial charge in [-0.05, 0) is 32.8 Å². The molecule has 0 aliphatic carbocycles. The zero-order valence-electron chi connectivity index (χ0n) is 13.2. The van der Waals surface area contributed by atoms with Crippen LogP contribution >= 0.6 is 0 Å². The Balaban J connectivity index is 2.37. The highest BCUT2D eigenvalue weighted by Crippen LogP contribution is 2.15. The average molecular weight is 290 g/mol. The first-order valence-corrected chi connectivity index (χ1v) is 7.22. The third-order valence-electron chi connectivity index (χ3n) is 2.69. The van der Waals surface area contributed by atoms with E-state index in [-0.39, 0.29) is 6.10 Å². The molecule has 21 heavy (non-hydrogen) atoms. The molecule has 0 amide bonds. The van der Waals surface area contributed by atoms with Crippen molar-refractivity contribution in [2.24, 2.45) is 0 Å². The molecular weight excluding hydrogens is 268 g/mol. The van der Waals surface area contributed by atoms with Crippen molar-refractivity contribution in [3.05, 3.63) is 18.0 Å². The summed E-state index contributed by atoms with van der Waals surface area (Å²) in [5.41, 5.74) is 0.992. The van der Waals surface area contributed by atoms with E-state index < -0.39 is 0 Å². The monoisotopic (exact) mass is 290 g/mol. The summed E-state index contributed by atoms with van der Waals surface area (Å²) >= 11 is 0. The second-order valence-corrected chi connectivity index (χ2v) is 5.28. The van der Waals surface area contributed by atoms with Gasteiger partial charge in [-0.3, -0.25) is 0 Å². The second-order valence-electron chi connectivity index (χ2n) is 5.28. The number of aromatic nitrogens is 5. The lowest BCUT2D eigenvalue weighted by Gasteiger charge is -2.10. The van der Waals surface area contributed by atoms with Crippen LogP contribution in [-0.4, -0.2) is 37.4 Å². The first-order valence-electron chi connectivity index (χ1n) is 7.22. The van der Waals surface area contributed by atoms with Crippen LogP contribution in [0.4, 0.5) is 5.95 Å². The highest BCUT2D eigenvalue weighted by atomic mass is 16.5. The number of nitrogens with zero attached hydrogens (tertiary/aromatic N) is 5. The molecular formula is C14H22N6O. The minimum Gasteiger partial charge on any atom is -0.461 e. The molecule has 0 aliphatic heterocycles. The Labute approximate surface area is 124 Å². The molecule has 1 N–H and O–H groups in total. The Morgan fingerprint density at radius 3 is 2.52 bits per heavy atom. The van der Waals surface area contributed by atoms with Crippen LogP contribution in [-0.2, 0) is 0 Å². The van der Waals surface area contributed by atoms with E-state index in [0.717, 1.165) is 12.2 Å². The van der Waals surface area contributed by atoms with Crippen molar-refractivity contribution in [2.75, 3.05) is 11.9 Å². The van der Waals surface area contributed by atoms with Gasteiger partial charge in [0.15, 0.2) is 0 Å². The van der Waals surface area contributed by atoms with Crippen LogP contribution < -0.4 is 10.1 Å². The third-order valence-corrected chi connectivity index (χ3v) is 2.69. The highest BCUT2D eigenvalue weighted by Gasteiger charge is 2.12. The van der Waals surface area contributed by atoms with Crippen molar-refractivity contribution < 1.29 is 4.74 Å². The highest BCUT2D eigenvalue weighted by molar-refractivity contribution is 5.30. The van der Waals surface area contributed by atoms with E-state index in [9.17, 15) is 0 Å². The standard InChI is InChI=1S/C14H22N6O/c1-6-15-12-16-13(18-14(17-12)21-10(4)5)20-8-7-11(19-20)9(2)3/h7-10H,6H2,1-5H3,(H,15,16,17,18). The van der Waals surface area contributed by atoms with Crippen molar-refractivity contribution in [1.29, 1.82) is 0 Å². The SMILES string of the molecule is CCNc1nc(OC(C)C)nc(-n2ccc(C(C)C)n2)n1. The van der Waals surface area contributed by atoms with Crippen molar-refractivity contribution in [2.45, 2.75) is 46.6 Å². The predicted molar refractivity (Wildman–Crippen MR) is 81.0 cm³/mol. The van der Waals surface area contributed by atoms with Gasteiger partial charge in [0.05, 0.1) is 11.8 Å². The molecule has 2 heterocycles. The quantitative estimate of drug-likeness (QED) is 0.880. The van der Waals surface area contributed by atoms with E-state index in [1.165, 1.54) is 0 Å². The van der Waals surface area contributed by atoms with Gasteiger partial charge in [-0.25, -0.2) is 4.68 Å². The van der Waals surface area contributed by atoms with Crippen molar-refractivity contribution in [3.63, 3.8) is 0 Å². The van der Waals surface area contributed by atoms with Gasteiger partial charge in [0, 0.05) is 12.7 Å². The van der Waals surface area contributed by atoms with Gasteiger partial charge in [-0.15, -0.1) is 0 Å². The number of nitrogens with one attached hydrogen (secondary N) is 1. The summed E-state index contributed by atoms with van der Waals surface area (Å²) < 4.78 is 7.22. The van der Waals surface area contributed by atoms with Gasteiger partial charge < -0.3 is 10.1 Å². The molecule has 0 spiro atoms. The number of ether oxygens (including phenoxy) is 1. The van der Waals surface area contributed by atoms with Crippen LogP contribution in [0.15, 0.2) is 12.3 Å². The molecule has 2 aromatic heterocycles. The predicted octanol–water partition coefficient (Wildman–Crippen LogP) is 2.40. The number of rotatable bonds is 6. The lowest BCUT2D eigenvalue weighted by molar-refractivity contribution is 0.221. The molecule has 114 valence electrons. The molecule has 2 rings (SSSR count). The molecule has 2 aromatic rings. The fourth-order valence-corrected chi connectivity index (χ4v) is 1.71. The van der Waals surface area contributed by atoms with Gasteiger partial charge in [0.2, 0.25) is 5.95 Å². The molecule has 0 atom stereocenters. The summed E-state index contributed by atoms with van der Waals surface area (Å²) in [4.78, 5) is 12.9. The number of anilines is 1. The first-order chi connectivity index (χ1) is 9.99. The summed E-state index contributed by atoms with van der Waals surface area (Å²) in [5, 5.41) is 7.56. The van der Waals surface area contributed by atoms with Gasteiger partial charge in [-0.1, -0.05) is 13.8 Å². The Morgan fingerprint density at radius 1 is 1.19 bits per heavy atom. The van der Waals surface area contributed by atoms with E-state index in [1.807, 2.05) is 33.0 Å². The van der Waals surface area contributed by atoms with Crippen molar-refractivity contribution in [1.82, 2.24) is 24.7 Å². The molecule has 0 saturated carbocycles. The molecule has 0 aromatic carbocycles. The van der Waals surface area contributed by atoms with E-state index in [1.54, 1.807) is 4.68 Å². The number of hydrogen-bond acceptors (Lipinski definition) is 6. The lowest BCUT2D eigenvalue weighted by atomic mass is 10.1. The minimum absolute atomic E-state index is 0.00132. The van der Waals surface area contributed by atoms with Gasteiger partial charge in [0.1, 0.15) is 0 Å². The zero-order valence-corrected chi connectivity index (χ0v) is 13.2. The molecule has 0 bridgehead atoms. The lowest BCUT2D eigenvalue weighted by Crippen LogP contribution is -2.14. The molecule has 0 fully saturated rings. The third kappa shape index (κ3) is 3.90. The molecule has 0 unspecified atom stereocenters. The van der Waals surface area contributed by atoms with Gasteiger partial charge in [0.25, 0.3) is 5.95 Å². The van der Waals surface area contributed by atoms with Crippen LogP contribution in [0, 0.1) is 0 Å². The smallest absolute Gasteiger partial charge is 0.323 e. The topological polar surface area (TPSA) is 77.8 Å². The van der Waals surface area contributed by atoms with Crippen LogP contribution in [0.2, 0.25) is 0 Å². The van der Waals surface area contributed by atoms with E-state index in [2.05, 4.69) is 39.2 Å². The van der Waals surface area contributed by atoms with Gasteiger partial charge in [-0.2, -0.15) is 20.1 Å². The largest absolute Gasteiger partial charge is 0.461 e. The first kappa shape index (κ1) is 15.2. The fourth-order valence-electron chi connectivity index (χ4n) is 1.71. The van der Waals surface area contributed by atoms with Gasteiger partial charge >= 0.3 is 6.01 Å². The zero-order chi connectivity index (χ0) is 15.4. The van der Waals surface area contributed by atoms with Crippen LogP contribution in [0.3, 0.4) is 0 Å². The molecule has 0 aliphatic rings. The Bertz CT molecular complexity index is 593. The van der Waals surface area contributed by atoms with E-state index >= 15 is 0 Å². The maximum atomic E-state index is 5.57. The van der Waals surface area contributed by atoms with Crippen molar-refractivity contribution in [3.8, 4) is 12.0 Å². The van der Waals surface area contributed by atoms with Crippen LogP contribution in [0.25, 0.3) is 5.95 Å². The molecule has 7 heteroatoms. The Kier molecular flexibility index (Phi) is 4.72. The molecule has 7 nitrogen and oxygen atoms in total. The van der Waals surface area contributed by atoms with E-state index in [4.69, 9.17) is 4.74 Å². The number of hydrogen-bond donors (Lipinski definition) is 1. The van der Waals surface area contributed by atoms with E-state index in [0.29, 0.717) is 23.8 Å². The summed E-state index contributed by atoms with van der Waals surface area (Å²) in [5.74, 6) is 1.29. The summed E-state index contributed by atoms with van der Waals surface area (Å²) in [7, 11) is 0. The normalized spacial score (nSPS) is 11.2. The minimum atomic E-state index is -0.00132. The molecule has 0 radical (unpaired) electrons. The summed E-state index contributed by atoms with van der Waals surface area (Å²) in [6, 6.07) is 2.26. The Morgan fingerprint density at radius 2 is 1.95 bits per heavy atom. The maximum absolute atomic E-state index is 5.57. The van der Waals surface area contributed by atoms with Crippen LogP contribution in [0.5, 0.6) is 6.01 Å². The maximum Gasteiger partial charge on any atom is 0.323 e. The van der Waals surface area contributed by atoms with Crippen molar-refractivity contribution >= 4 is 5.95 Å². The summed E-state index contributed by atoms with van der Waals surface area (Å²) in [6.45, 7) is 10.8. The summed E-state index contributed by atoms with van der Waals surface area (Å²) in [6.07, 6.45) is 1.85. The Hall–Kier alpha value is -2.18. The van der Waals surface area contributed by atoms with Crippen LogP contribution in [0.1, 0.15) is 46.2 Å². The second kappa shape index (κ2) is 6.51. The fraction of sp³-hybridized carbons (Fsp3) is 0.571. The average Bonchev–Trinajstić information content (AvgIpc) is 2.87.